The molecule has 1 rings (SSSR count). The van der Waals surface area contributed by atoms with E-state index in [1.54, 1.807) is 16.9 Å². The van der Waals surface area contributed by atoms with E-state index in [0.717, 1.165) is 11.9 Å². The Balaban J connectivity index is 2.84. The third-order valence-corrected chi connectivity index (χ3v) is 1.29. The first kappa shape index (κ1) is 7.72. The molecule has 0 atom stereocenters. The molecule has 0 N–H and O–H groups in total. The molecule has 0 saturated heterocycles. The third-order valence-electron chi connectivity index (χ3n) is 1.29. The highest BCUT2D eigenvalue weighted by molar-refractivity contribution is 5.71. The number of aldehydes is 1. The Hall–Kier alpha value is -1.38. The van der Waals surface area contributed by atoms with Crippen molar-refractivity contribution in [1.29, 1.82) is 0 Å². The summed E-state index contributed by atoms with van der Waals surface area (Å²) < 4.78 is 1.62. The van der Waals surface area contributed by atoms with Crippen LogP contribution in [-0.2, 0) is 6.54 Å². The van der Waals surface area contributed by atoms with E-state index in [2.05, 4.69) is 11.7 Å². The molecule has 1 aromatic heterocycles. The van der Waals surface area contributed by atoms with Gasteiger partial charge in [0.1, 0.15) is 5.69 Å². The number of carbonyl (C=O) groups is 1. The van der Waals surface area contributed by atoms with Crippen molar-refractivity contribution in [2.75, 3.05) is 0 Å². The molecule has 0 aromatic carbocycles. The number of hydrogen-bond acceptors (Lipinski definition) is 2. The molecule has 0 aliphatic rings. The van der Waals surface area contributed by atoms with Gasteiger partial charge < -0.3 is 0 Å². The van der Waals surface area contributed by atoms with Crippen LogP contribution >= 0.6 is 0 Å². The molecule has 1 aromatic rings. The Labute approximate surface area is 65.3 Å². The fraction of sp³-hybridized carbons (Fsp3) is 0.250. The molecule has 0 aliphatic carbocycles. The summed E-state index contributed by atoms with van der Waals surface area (Å²) in [5, 5.41) is 3.95. The third kappa shape index (κ3) is 1.77. The molecule has 3 nitrogen and oxygen atoms in total. The van der Waals surface area contributed by atoms with Crippen LogP contribution in [0.2, 0.25) is 0 Å². The molecule has 0 saturated carbocycles. The highest BCUT2D eigenvalue weighted by Crippen LogP contribution is 1.98. The van der Waals surface area contributed by atoms with Crippen molar-refractivity contribution in [2.24, 2.45) is 0 Å². The molecule has 0 aliphatic heterocycles. The van der Waals surface area contributed by atoms with Gasteiger partial charge in [0.05, 0.1) is 6.54 Å². The molecule has 0 radical (unpaired) electrons. The van der Waals surface area contributed by atoms with Gasteiger partial charge in [-0.3, -0.25) is 9.48 Å². The summed E-state index contributed by atoms with van der Waals surface area (Å²) in [4.78, 5) is 10.4. The van der Waals surface area contributed by atoms with E-state index in [9.17, 15) is 4.79 Å². The van der Waals surface area contributed by atoms with Crippen molar-refractivity contribution in [3.63, 3.8) is 0 Å². The fourth-order valence-electron chi connectivity index (χ4n) is 0.831. The maximum absolute atomic E-state index is 10.4. The Morgan fingerprint density at radius 2 is 2.64 bits per heavy atom. The Morgan fingerprint density at radius 1 is 1.91 bits per heavy atom. The second kappa shape index (κ2) is 3.14. The minimum atomic E-state index is 0.591. The molecule has 0 spiro atoms. The van der Waals surface area contributed by atoms with Gasteiger partial charge in [-0.15, -0.1) is 0 Å². The summed E-state index contributed by atoms with van der Waals surface area (Å²) in [7, 11) is 0. The molecule has 0 unspecified atom stereocenters. The maximum Gasteiger partial charge on any atom is 0.168 e. The Kier molecular flexibility index (Phi) is 2.21. The number of hydrogen-bond donors (Lipinski definition) is 0. The van der Waals surface area contributed by atoms with Gasteiger partial charge in [-0.1, -0.05) is 12.2 Å². The lowest BCUT2D eigenvalue weighted by molar-refractivity contribution is 0.111. The van der Waals surface area contributed by atoms with Crippen LogP contribution in [0, 0.1) is 0 Å². The van der Waals surface area contributed by atoms with E-state index in [0.29, 0.717) is 12.2 Å². The Bertz CT molecular complexity index is 275. The van der Waals surface area contributed by atoms with Crippen molar-refractivity contribution in [3.8, 4) is 0 Å². The van der Waals surface area contributed by atoms with E-state index < -0.39 is 0 Å². The lowest BCUT2D eigenvalue weighted by Crippen LogP contribution is -2.04. The summed E-state index contributed by atoms with van der Waals surface area (Å²) in [5.74, 6) is 0. The van der Waals surface area contributed by atoms with Gasteiger partial charge in [-0.05, 0) is 13.0 Å². The van der Waals surface area contributed by atoms with Gasteiger partial charge in [0, 0.05) is 6.20 Å². The zero-order valence-electron chi connectivity index (χ0n) is 6.45. The van der Waals surface area contributed by atoms with Crippen LogP contribution < -0.4 is 0 Å². The molecule has 11 heavy (non-hydrogen) atoms. The predicted octanol–water partition coefficient (Wildman–Crippen LogP) is 1.27. The van der Waals surface area contributed by atoms with Crippen molar-refractivity contribution in [3.05, 3.63) is 30.1 Å². The minimum absolute atomic E-state index is 0.591. The zero-order valence-corrected chi connectivity index (χ0v) is 6.45. The van der Waals surface area contributed by atoms with Gasteiger partial charge in [0.15, 0.2) is 6.29 Å². The summed E-state index contributed by atoms with van der Waals surface area (Å²) in [6, 6.07) is 1.68. The van der Waals surface area contributed by atoms with E-state index in [4.69, 9.17) is 0 Å². The number of rotatable bonds is 3. The largest absolute Gasteiger partial charge is 0.296 e. The highest BCUT2D eigenvalue weighted by atomic mass is 16.1. The molecule has 3 heteroatoms. The van der Waals surface area contributed by atoms with Crippen LogP contribution in [0.3, 0.4) is 0 Å². The first-order chi connectivity index (χ1) is 5.24. The van der Waals surface area contributed by atoms with Gasteiger partial charge in [-0.25, -0.2) is 0 Å². The van der Waals surface area contributed by atoms with Crippen molar-refractivity contribution in [1.82, 2.24) is 9.78 Å². The minimum Gasteiger partial charge on any atom is -0.296 e. The van der Waals surface area contributed by atoms with Crippen molar-refractivity contribution < 1.29 is 4.79 Å². The first-order valence-electron chi connectivity index (χ1n) is 3.35. The van der Waals surface area contributed by atoms with E-state index in [1.807, 2.05) is 6.92 Å². The molecule has 0 bridgehead atoms. The average Bonchev–Trinajstić information content (AvgIpc) is 2.34. The van der Waals surface area contributed by atoms with Crippen LogP contribution in [-0.4, -0.2) is 16.1 Å². The predicted molar refractivity (Wildman–Crippen MR) is 42.4 cm³/mol. The van der Waals surface area contributed by atoms with Crippen LogP contribution in [0.5, 0.6) is 0 Å². The van der Waals surface area contributed by atoms with Crippen LogP contribution in [0.25, 0.3) is 0 Å². The average molecular weight is 150 g/mol. The van der Waals surface area contributed by atoms with E-state index in [-0.39, 0.29) is 0 Å². The molecule has 58 valence electrons. The molecule has 1 heterocycles. The normalized spacial score (nSPS) is 9.55. The quantitative estimate of drug-likeness (QED) is 0.480. The maximum atomic E-state index is 10.4. The smallest absolute Gasteiger partial charge is 0.168 e. The van der Waals surface area contributed by atoms with Gasteiger partial charge in [0.25, 0.3) is 0 Å². The number of carbonyl (C=O) groups excluding carboxylic acids is 1. The number of allylic oxidation sites excluding steroid dienone is 1. The van der Waals surface area contributed by atoms with Crippen molar-refractivity contribution >= 4 is 6.29 Å². The lowest BCUT2D eigenvalue weighted by Gasteiger charge is -2.00. The molecular formula is C8H10N2O. The lowest BCUT2D eigenvalue weighted by atomic mass is 10.3. The molecular weight excluding hydrogens is 140 g/mol. The SMILES string of the molecule is C=C(C)Cn1nccc1C=O. The second-order valence-electron chi connectivity index (χ2n) is 2.49. The van der Waals surface area contributed by atoms with Gasteiger partial charge in [-0.2, -0.15) is 5.10 Å². The zero-order chi connectivity index (χ0) is 8.27. The van der Waals surface area contributed by atoms with Gasteiger partial charge in [0.2, 0.25) is 0 Å². The monoisotopic (exact) mass is 150 g/mol. The van der Waals surface area contributed by atoms with Crippen LogP contribution in [0.15, 0.2) is 24.4 Å². The van der Waals surface area contributed by atoms with E-state index >= 15 is 0 Å². The first-order valence-corrected chi connectivity index (χ1v) is 3.35. The fourth-order valence-corrected chi connectivity index (χ4v) is 0.831. The van der Waals surface area contributed by atoms with Crippen LogP contribution in [0.1, 0.15) is 17.4 Å². The topological polar surface area (TPSA) is 34.9 Å². The standard InChI is InChI=1S/C8H10N2O/c1-7(2)5-10-8(6-11)3-4-9-10/h3-4,6H,1,5H2,2H3. The highest BCUT2D eigenvalue weighted by Gasteiger charge is 1.98. The summed E-state index contributed by atoms with van der Waals surface area (Å²) in [6.45, 7) is 6.24. The number of aromatic nitrogens is 2. The van der Waals surface area contributed by atoms with Crippen molar-refractivity contribution in [2.45, 2.75) is 13.5 Å². The summed E-state index contributed by atoms with van der Waals surface area (Å²) >= 11 is 0. The number of nitrogens with zero attached hydrogens (tertiary/aromatic N) is 2. The summed E-state index contributed by atoms with van der Waals surface area (Å²) in [6.07, 6.45) is 2.39. The van der Waals surface area contributed by atoms with Gasteiger partial charge >= 0.3 is 0 Å². The van der Waals surface area contributed by atoms with Crippen LogP contribution in [0.4, 0.5) is 0 Å². The second-order valence-corrected chi connectivity index (χ2v) is 2.49. The molecule has 0 amide bonds. The summed E-state index contributed by atoms with van der Waals surface area (Å²) in [5.41, 5.74) is 1.57. The van der Waals surface area contributed by atoms with E-state index in [1.165, 1.54) is 0 Å². The Morgan fingerprint density at radius 3 is 3.18 bits per heavy atom. The molecule has 0 fully saturated rings.